The van der Waals surface area contributed by atoms with E-state index in [0.29, 0.717) is 17.2 Å². The molecule has 0 aliphatic heterocycles. The van der Waals surface area contributed by atoms with Crippen LogP contribution >= 0.6 is 0 Å². The molecule has 0 saturated carbocycles. The number of nitrogens with one attached hydrogen (secondary N) is 2. The Kier molecular flexibility index (Phi) is 6.98. The fourth-order valence-electron chi connectivity index (χ4n) is 2.41. The van der Waals surface area contributed by atoms with Gasteiger partial charge in [-0.25, -0.2) is 8.42 Å². The van der Waals surface area contributed by atoms with Crippen LogP contribution in [0.2, 0.25) is 0 Å². The maximum absolute atomic E-state index is 12.3. The highest BCUT2D eigenvalue weighted by molar-refractivity contribution is 7.89. The fourth-order valence-corrected chi connectivity index (χ4v) is 3.25. The number of carbonyl (C=O) groups excluding carboxylic acids is 1. The average molecular weight is 391 g/mol. The molecule has 2 N–H and O–H groups in total. The van der Waals surface area contributed by atoms with Crippen LogP contribution in [0.3, 0.4) is 0 Å². The minimum atomic E-state index is -3.84. The number of amides is 1. The Hall–Kier alpha value is -2.38. The summed E-state index contributed by atoms with van der Waals surface area (Å²) in [6.07, 6.45) is 1.00. The van der Waals surface area contributed by atoms with Crippen LogP contribution in [-0.4, -0.2) is 20.4 Å². The molecule has 146 valence electrons. The smallest absolute Gasteiger partial charge is 0.266 e. The van der Waals surface area contributed by atoms with E-state index in [1.54, 1.807) is 36.4 Å². The van der Waals surface area contributed by atoms with E-state index in [1.165, 1.54) is 12.1 Å². The monoisotopic (exact) mass is 390 g/mol. The van der Waals surface area contributed by atoms with Gasteiger partial charge in [-0.2, -0.15) is 0 Å². The summed E-state index contributed by atoms with van der Waals surface area (Å²) < 4.78 is 30.2. The Bertz CT molecular complexity index is 860. The highest BCUT2D eigenvalue weighted by Gasteiger charge is 2.16. The van der Waals surface area contributed by atoms with Crippen molar-refractivity contribution in [2.24, 2.45) is 0 Å². The van der Waals surface area contributed by atoms with E-state index >= 15 is 0 Å². The van der Waals surface area contributed by atoms with Crippen LogP contribution in [-0.2, 0) is 10.0 Å². The second kappa shape index (κ2) is 9.01. The van der Waals surface area contributed by atoms with Gasteiger partial charge in [0.25, 0.3) is 15.9 Å². The molecule has 2 rings (SSSR count). The minimum absolute atomic E-state index is 0.0307. The summed E-state index contributed by atoms with van der Waals surface area (Å²) in [5.74, 6) is 0.450. The van der Waals surface area contributed by atoms with Crippen LogP contribution in [0, 0.1) is 0 Å². The third-order valence-electron chi connectivity index (χ3n) is 4.16. The van der Waals surface area contributed by atoms with Crippen LogP contribution in [0.25, 0.3) is 0 Å². The lowest BCUT2D eigenvalue weighted by atomic mass is 9.99. The molecule has 1 amide bonds. The first-order valence-corrected chi connectivity index (χ1v) is 10.4. The first kappa shape index (κ1) is 20.9. The van der Waals surface area contributed by atoms with E-state index in [1.807, 2.05) is 13.8 Å². The van der Waals surface area contributed by atoms with E-state index < -0.39 is 15.9 Å². The van der Waals surface area contributed by atoms with E-state index in [0.717, 1.165) is 12.0 Å². The summed E-state index contributed by atoms with van der Waals surface area (Å²) in [6, 6.07) is 13.1. The SMILES string of the molecule is CC[C@H](C)c1ccc(S(=O)(=O)NNC(=O)c2ccc(OC(C)C)cc2)cc1. The van der Waals surface area contributed by atoms with Crippen molar-refractivity contribution >= 4 is 15.9 Å². The van der Waals surface area contributed by atoms with E-state index in [4.69, 9.17) is 4.74 Å². The van der Waals surface area contributed by atoms with E-state index in [2.05, 4.69) is 24.1 Å². The van der Waals surface area contributed by atoms with Crippen molar-refractivity contribution in [3.8, 4) is 5.75 Å². The lowest BCUT2D eigenvalue weighted by molar-refractivity contribution is 0.0945. The lowest BCUT2D eigenvalue weighted by Gasteiger charge is -2.12. The van der Waals surface area contributed by atoms with Gasteiger partial charge < -0.3 is 4.74 Å². The molecule has 0 unspecified atom stereocenters. The first-order chi connectivity index (χ1) is 12.7. The molecule has 2 aromatic rings. The summed E-state index contributed by atoms with van der Waals surface area (Å²) in [7, 11) is -3.84. The molecule has 0 aromatic heterocycles. The maximum Gasteiger partial charge on any atom is 0.266 e. The third kappa shape index (κ3) is 5.80. The van der Waals surface area contributed by atoms with Crippen molar-refractivity contribution in [1.82, 2.24) is 10.3 Å². The molecule has 2 aromatic carbocycles. The molecule has 1 atom stereocenters. The zero-order valence-corrected chi connectivity index (χ0v) is 16.8. The molecular formula is C20H26N2O4S. The Morgan fingerprint density at radius 3 is 2.11 bits per heavy atom. The van der Waals surface area contributed by atoms with Gasteiger partial charge in [0.05, 0.1) is 11.0 Å². The van der Waals surface area contributed by atoms with Gasteiger partial charge in [-0.3, -0.25) is 10.2 Å². The third-order valence-corrected chi connectivity index (χ3v) is 5.42. The van der Waals surface area contributed by atoms with Crippen LogP contribution in [0.15, 0.2) is 53.4 Å². The molecule has 0 aliphatic carbocycles. The normalized spacial score (nSPS) is 12.6. The number of hydrogen-bond acceptors (Lipinski definition) is 4. The predicted octanol–water partition coefficient (Wildman–Crippen LogP) is 3.61. The van der Waals surface area contributed by atoms with E-state index in [-0.39, 0.29) is 11.0 Å². The second-order valence-corrected chi connectivity index (χ2v) is 8.31. The van der Waals surface area contributed by atoms with Crippen LogP contribution in [0.1, 0.15) is 56.0 Å². The van der Waals surface area contributed by atoms with E-state index in [9.17, 15) is 13.2 Å². The Labute approximate surface area is 161 Å². The summed E-state index contributed by atoms with van der Waals surface area (Å²) in [5, 5.41) is 0. The molecule has 6 nitrogen and oxygen atoms in total. The summed E-state index contributed by atoms with van der Waals surface area (Å²) in [4.78, 5) is 14.4. The standard InChI is InChI=1S/C20H26N2O4S/c1-5-15(4)16-8-12-19(13-9-16)27(24,25)22-21-20(23)17-6-10-18(11-7-17)26-14(2)3/h6-15,22H,5H2,1-4H3,(H,21,23)/t15-/m0/s1. The Morgan fingerprint density at radius 1 is 1.00 bits per heavy atom. The maximum atomic E-state index is 12.3. The molecule has 7 heteroatoms. The average Bonchev–Trinajstić information content (AvgIpc) is 2.65. The molecule has 0 bridgehead atoms. The Balaban J connectivity index is 2.00. The van der Waals surface area contributed by atoms with Gasteiger partial charge in [0, 0.05) is 5.56 Å². The molecule has 0 fully saturated rings. The molecule has 0 saturated heterocycles. The quantitative estimate of drug-likeness (QED) is 0.675. The molecular weight excluding hydrogens is 364 g/mol. The summed E-state index contributed by atoms with van der Waals surface area (Å²) >= 11 is 0. The molecule has 0 heterocycles. The summed E-state index contributed by atoms with van der Waals surface area (Å²) in [5.41, 5.74) is 3.62. The van der Waals surface area contributed by atoms with Gasteiger partial charge in [-0.1, -0.05) is 26.0 Å². The number of hydrazine groups is 1. The highest BCUT2D eigenvalue weighted by atomic mass is 32.2. The van der Waals surface area contributed by atoms with Gasteiger partial charge in [0.15, 0.2) is 0 Å². The van der Waals surface area contributed by atoms with Crippen molar-refractivity contribution in [3.63, 3.8) is 0 Å². The van der Waals surface area contributed by atoms with Crippen molar-refractivity contribution in [3.05, 3.63) is 59.7 Å². The fraction of sp³-hybridized carbons (Fsp3) is 0.350. The van der Waals surface area contributed by atoms with Crippen molar-refractivity contribution in [2.45, 2.75) is 51.0 Å². The second-order valence-electron chi connectivity index (χ2n) is 6.63. The number of benzene rings is 2. The van der Waals surface area contributed by atoms with Gasteiger partial charge in [-0.05, 0) is 68.1 Å². The topological polar surface area (TPSA) is 84.5 Å². The highest BCUT2D eigenvalue weighted by Crippen LogP contribution is 2.20. The molecule has 0 radical (unpaired) electrons. The number of rotatable bonds is 8. The van der Waals surface area contributed by atoms with Gasteiger partial charge in [-0.15, -0.1) is 4.83 Å². The van der Waals surface area contributed by atoms with Crippen molar-refractivity contribution < 1.29 is 17.9 Å². The zero-order valence-electron chi connectivity index (χ0n) is 16.0. The van der Waals surface area contributed by atoms with Crippen LogP contribution in [0.5, 0.6) is 5.75 Å². The van der Waals surface area contributed by atoms with Gasteiger partial charge in [0.2, 0.25) is 0 Å². The number of ether oxygens (including phenoxy) is 1. The predicted molar refractivity (Wildman–Crippen MR) is 105 cm³/mol. The van der Waals surface area contributed by atoms with Crippen LogP contribution < -0.4 is 15.0 Å². The molecule has 0 spiro atoms. The van der Waals surface area contributed by atoms with Crippen molar-refractivity contribution in [1.29, 1.82) is 0 Å². The van der Waals surface area contributed by atoms with Crippen LogP contribution in [0.4, 0.5) is 0 Å². The van der Waals surface area contributed by atoms with Gasteiger partial charge >= 0.3 is 0 Å². The molecule has 27 heavy (non-hydrogen) atoms. The van der Waals surface area contributed by atoms with Gasteiger partial charge in [0.1, 0.15) is 5.75 Å². The lowest BCUT2D eigenvalue weighted by Crippen LogP contribution is -2.41. The Morgan fingerprint density at radius 2 is 1.59 bits per heavy atom. The molecule has 0 aliphatic rings. The summed E-state index contributed by atoms with van der Waals surface area (Å²) in [6.45, 7) is 7.98. The number of carbonyl (C=O) groups is 1. The first-order valence-electron chi connectivity index (χ1n) is 8.91. The number of hydrogen-bond donors (Lipinski definition) is 2. The number of sulfonamides is 1. The van der Waals surface area contributed by atoms with Crippen molar-refractivity contribution in [2.75, 3.05) is 0 Å². The minimum Gasteiger partial charge on any atom is -0.491 e. The zero-order chi connectivity index (χ0) is 20.0. The largest absolute Gasteiger partial charge is 0.491 e.